The summed E-state index contributed by atoms with van der Waals surface area (Å²) in [6.45, 7) is 1.97. The van der Waals surface area contributed by atoms with Crippen molar-refractivity contribution >= 4 is 5.97 Å². The van der Waals surface area contributed by atoms with Gasteiger partial charge < -0.3 is 4.74 Å². The van der Waals surface area contributed by atoms with Crippen LogP contribution in [0.5, 0.6) is 0 Å². The van der Waals surface area contributed by atoms with Crippen LogP contribution in [0.1, 0.15) is 39.0 Å². The summed E-state index contributed by atoms with van der Waals surface area (Å²) in [5.41, 5.74) is -0.422. The van der Waals surface area contributed by atoms with Gasteiger partial charge in [-0.15, -0.1) is 0 Å². The van der Waals surface area contributed by atoms with Gasteiger partial charge in [0.1, 0.15) is 5.54 Å². The van der Waals surface area contributed by atoms with Gasteiger partial charge in [-0.2, -0.15) is 0 Å². The highest BCUT2D eigenvalue weighted by molar-refractivity contribution is 5.80. The van der Waals surface area contributed by atoms with Crippen molar-refractivity contribution in [3.05, 3.63) is 0 Å². The van der Waals surface area contributed by atoms with Gasteiger partial charge in [0.05, 0.1) is 7.11 Å². The first-order valence-corrected chi connectivity index (χ1v) is 5.52. The van der Waals surface area contributed by atoms with Gasteiger partial charge >= 0.3 is 5.97 Å². The Morgan fingerprint density at radius 3 is 2.79 bits per heavy atom. The van der Waals surface area contributed by atoms with Crippen molar-refractivity contribution in [1.82, 2.24) is 5.32 Å². The van der Waals surface area contributed by atoms with E-state index in [-0.39, 0.29) is 5.97 Å². The number of fused-ring (bicyclic) bond motifs is 1. The van der Waals surface area contributed by atoms with E-state index >= 15 is 0 Å². The Kier molecular flexibility index (Phi) is 2.52. The molecule has 1 heterocycles. The molecule has 0 aromatic rings. The molecule has 0 aromatic heterocycles. The number of carbonyl (C=O) groups excluding carboxylic acids is 1. The molecule has 1 N–H and O–H groups in total. The molecule has 14 heavy (non-hydrogen) atoms. The van der Waals surface area contributed by atoms with Crippen LogP contribution in [0.25, 0.3) is 0 Å². The van der Waals surface area contributed by atoms with Crippen molar-refractivity contribution in [3.8, 4) is 0 Å². The Hall–Kier alpha value is -0.570. The Morgan fingerprint density at radius 1 is 1.43 bits per heavy atom. The molecule has 2 aliphatic rings. The molecule has 0 amide bonds. The highest BCUT2D eigenvalue weighted by Crippen LogP contribution is 2.38. The van der Waals surface area contributed by atoms with Crippen LogP contribution in [0.2, 0.25) is 0 Å². The van der Waals surface area contributed by atoms with Crippen LogP contribution < -0.4 is 5.32 Å². The van der Waals surface area contributed by atoms with E-state index in [1.165, 1.54) is 32.8 Å². The van der Waals surface area contributed by atoms with Crippen molar-refractivity contribution in [1.29, 1.82) is 0 Å². The molecular weight excluding hydrogens is 178 g/mol. The second-order valence-electron chi connectivity index (χ2n) is 4.82. The van der Waals surface area contributed by atoms with Crippen molar-refractivity contribution in [2.24, 2.45) is 5.92 Å². The van der Waals surface area contributed by atoms with Crippen LogP contribution in [0.3, 0.4) is 0 Å². The average molecular weight is 197 g/mol. The van der Waals surface area contributed by atoms with E-state index in [2.05, 4.69) is 5.32 Å². The molecule has 1 aliphatic carbocycles. The maximum absolute atomic E-state index is 11.6. The van der Waals surface area contributed by atoms with Crippen LogP contribution in [0.4, 0.5) is 0 Å². The SMILES string of the molecule is COC(=O)C1(C)C[C@@H]2CCCC[C@@H]2N1. The van der Waals surface area contributed by atoms with E-state index in [1.54, 1.807) is 0 Å². The van der Waals surface area contributed by atoms with E-state index in [0.29, 0.717) is 12.0 Å². The number of rotatable bonds is 1. The van der Waals surface area contributed by atoms with E-state index in [9.17, 15) is 4.79 Å². The summed E-state index contributed by atoms with van der Waals surface area (Å²) in [5.74, 6) is 0.583. The molecule has 2 fully saturated rings. The van der Waals surface area contributed by atoms with Crippen LogP contribution in [0, 0.1) is 5.92 Å². The number of nitrogens with one attached hydrogen (secondary N) is 1. The number of hydrogen-bond donors (Lipinski definition) is 1. The third-order valence-electron chi connectivity index (χ3n) is 3.72. The minimum absolute atomic E-state index is 0.105. The van der Waals surface area contributed by atoms with Crippen molar-refractivity contribution < 1.29 is 9.53 Å². The zero-order valence-corrected chi connectivity index (χ0v) is 9.01. The normalized spacial score (nSPS) is 41.9. The van der Waals surface area contributed by atoms with Gasteiger partial charge in [0.15, 0.2) is 0 Å². The largest absolute Gasteiger partial charge is 0.468 e. The Bertz CT molecular complexity index is 225. The molecule has 3 heteroatoms. The zero-order chi connectivity index (χ0) is 10.2. The maximum Gasteiger partial charge on any atom is 0.325 e. The molecule has 0 radical (unpaired) electrons. The topological polar surface area (TPSA) is 38.3 Å². The van der Waals surface area contributed by atoms with E-state index in [1.807, 2.05) is 6.92 Å². The molecule has 3 nitrogen and oxygen atoms in total. The highest BCUT2D eigenvalue weighted by atomic mass is 16.5. The van der Waals surface area contributed by atoms with E-state index < -0.39 is 5.54 Å². The molecule has 0 aromatic carbocycles. The number of esters is 1. The van der Waals surface area contributed by atoms with Crippen molar-refractivity contribution in [2.45, 2.75) is 50.6 Å². The first-order chi connectivity index (χ1) is 6.65. The second-order valence-corrected chi connectivity index (χ2v) is 4.82. The number of hydrogen-bond acceptors (Lipinski definition) is 3. The lowest BCUT2D eigenvalue weighted by Crippen LogP contribution is -2.48. The van der Waals surface area contributed by atoms with Gasteiger partial charge in [0, 0.05) is 6.04 Å². The van der Waals surface area contributed by atoms with Gasteiger partial charge in [-0.05, 0) is 32.1 Å². The molecule has 1 saturated heterocycles. The van der Waals surface area contributed by atoms with Crippen LogP contribution in [-0.4, -0.2) is 24.7 Å². The minimum atomic E-state index is -0.422. The summed E-state index contributed by atoms with van der Waals surface area (Å²) in [6.07, 6.45) is 6.05. The van der Waals surface area contributed by atoms with E-state index in [4.69, 9.17) is 4.74 Å². The van der Waals surface area contributed by atoms with Crippen LogP contribution in [0.15, 0.2) is 0 Å². The number of ether oxygens (including phenoxy) is 1. The third kappa shape index (κ3) is 1.54. The molecule has 3 atom stereocenters. The number of carbonyl (C=O) groups is 1. The van der Waals surface area contributed by atoms with Gasteiger partial charge in [-0.25, -0.2) is 0 Å². The zero-order valence-electron chi connectivity index (χ0n) is 9.01. The van der Waals surface area contributed by atoms with Gasteiger partial charge in [-0.1, -0.05) is 12.8 Å². The summed E-state index contributed by atoms with van der Waals surface area (Å²) >= 11 is 0. The molecule has 0 bridgehead atoms. The monoisotopic (exact) mass is 197 g/mol. The summed E-state index contributed by atoms with van der Waals surface area (Å²) in [4.78, 5) is 11.6. The van der Waals surface area contributed by atoms with Crippen LogP contribution >= 0.6 is 0 Å². The first kappa shape index (κ1) is 9.97. The number of methoxy groups -OCH3 is 1. The first-order valence-electron chi connectivity index (χ1n) is 5.52. The fourth-order valence-electron chi connectivity index (χ4n) is 3.00. The van der Waals surface area contributed by atoms with Crippen LogP contribution in [-0.2, 0) is 9.53 Å². The third-order valence-corrected chi connectivity index (χ3v) is 3.72. The lowest BCUT2D eigenvalue weighted by atomic mass is 9.83. The smallest absolute Gasteiger partial charge is 0.325 e. The molecule has 1 saturated carbocycles. The van der Waals surface area contributed by atoms with Gasteiger partial charge in [0.2, 0.25) is 0 Å². The summed E-state index contributed by atoms with van der Waals surface area (Å²) in [7, 11) is 1.47. The molecule has 80 valence electrons. The maximum atomic E-state index is 11.6. The average Bonchev–Trinajstić information content (AvgIpc) is 2.54. The lowest BCUT2D eigenvalue weighted by molar-refractivity contribution is -0.147. The molecule has 1 unspecified atom stereocenters. The molecular formula is C11H19NO2. The second kappa shape index (κ2) is 3.54. The quantitative estimate of drug-likeness (QED) is 0.647. The Morgan fingerprint density at radius 2 is 2.14 bits per heavy atom. The summed E-state index contributed by atoms with van der Waals surface area (Å²) in [5, 5.41) is 3.45. The summed E-state index contributed by atoms with van der Waals surface area (Å²) < 4.78 is 4.84. The van der Waals surface area contributed by atoms with Gasteiger partial charge in [0.25, 0.3) is 0 Å². The van der Waals surface area contributed by atoms with Crippen molar-refractivity contribution in [3.63, 3.8) is 0 Å². The standard InChI is InChI=1S/C11H19NO2/c1-11(10(13)14-2)7-8-5-3-4-6-9(8)12-11/h8-9,12H,3-7H2,1-2H3/t8-,9-,11?/m0/s1. The Labute approximate surface area is 85.2 Å². The Balaban J connectivity index is 2.07. The van der Waals surface area contributed by atoms with E-state index in [0.717, 1.165) is 6.42 Å². The van der Waals surface area contributed by atoms with Gasteiger partial charge in [-0.3, -0.25) is 10.1 Å². The fraction of sp³-hybridized carbons (Fsp3) is 0.909. The molecule has 0 spiro atoms. The van der Waals surface area contributed by atoms with Crippen molar-refractivity contribution in [2.75, 3.05) is 7.11 Å². The fourth-order valence-corrected chi connectivity index (χ4v) is 3.00. The predicted octanol–water partition coefficient (Wildman–Crippen LogP) is 1.47. The summed E-state index contributed by atoms with van der Waals surface area (Å²) in [6, 6.07) is 0.549. The molecule has 2 rings (SSSR count). The molecule has 1 aliphatic heterocycles. The predicted molar refractivity (Wildman–Crippen MR) is 53.9 cm³/mol. The highest BCUT2D eigenvalue weighted by Gasteiger charge is 2.47. The lowest BCUT2D eigenvalue weighted by Gasteiger charge is -2.24. The minimum Gasteiger partial charge on any atom is -0.468 e.